The Morgan fingerprint density at radius 2 is 2.00 bits per heavy atom. The second-order valence-electron chi connectivity index (χ2n) is 3.63. The molecule has 0 saturated heterocycles. The second-order valence-corrected chi connectivity index (χ2v) is 3.63. The van der Waals surface area contributed by atoms with Gasteiger partial charge in [0.2, 0.25) is 0 Å². The lowest BCUT2D eigenvalue weighted by atomic mass is 10.1. The Kier molecular flexibility index (Phi) is 2.83. The van der Waals surface area contributed by atoms with Gasteiger partial charge < -0.3 is 9.63 Å². The van der Waals surface area contributed by atoms with E-state index in [9.17, 15) is 5.11 Å². The number of hydrogen-bond donors (Lipinski definition) is 1. The van der Waals surface area contributed by atoms with Crippen LogP contribution in [0.3, 0.4) is 0 Å². The SMILES string of the molecule is C[C@@H](O)Cc1ccc(-c2ccno2)cc1. The molecule has 0 aliphatic rings. The van der Waals surface area contributed by atoms with Crippen LogP contribution in [-0.2, 0) is 6.42 Å². The average Bonchev–Trinajstić information content (AvgIpc) is 2.71. The zero-order valence-corrected chi connectivity index (χ0v) is 8.55. The summed E-state index contributed by atoms with van der Waals surface area (Å²) in [5, 5.41) is 12.9. The molecule has 1 aromatic carbocycles. The van der Waals surface area contributed by atoms with Crippen molar-refractivity contribution in [2.75, 3.05) is 0 Å². The summed E-state index contributed by atoms with van der Waals surface area (Å²) in [5.41, 5.74) is 2.12. The van der Waals surface area contributed by atoms with E-state index in [4.69, 9.17) is 4.52 Å². The molecule has 0 saturated carbocycles. The van der Waals surface area contributed by atoms with Crippen LogP contribution in [0, 0.1) is 0 Å². The lowest BCUT2D eigenvalue weighted by Gasteiger charge is -2.04. The molecule has 2 aromatic rings. The molecule has 1 atom stereocenters. The molecule has 0 spiro atoms. The van der Waals surface area contributed by atoms with Gasteiger partial charge in [0.05, 0.1) is 12.3 Å². The molecule has 3 nitrogen and oxygen atoms in total. The standard InChI is InChI=1S/C12H13NO2/c1-9(14)8-10-2-4-11(5-3-10)12-6-7-13-15-12/h2-7,9,14H,8H2,1H3/t9-/m1/s1. The van der Waals surface area contributed by atoms with Crippen molar-refractivity contribution in [2.24, 2.45) is 0 Å². The van der Waals surface area contributed by atoms with E-state index in [1.807, 2.05) is 30.3 Å². The molecule has 1 N–H and O–H groups in total. The summed E-state index contributed by atoms with van der Waals surface area (Å²) in [4.78, 5) is 0. The highest BCUT2D eigenvalue weighted by molar-refractivity contribution is 5.56. The van der Waals surface area contributed by atoms with Crippen LogP contribution in [-0.4, -0.2) is 16.4 Å². The molecule has 0 bridgehead atoms. The molecule has 0 fully saturated rings. The van der Waals surface area contributed by atoms with Crippen molar-refractivity contribution in [1.82, 2.24) is 5.16 Å². The van der Waals surface area contributed by atoms with Gasteiger partial charge in [0, 0.05) is 11.6 Å². The molecule has 2 rings (SSSR count). The molecule has 0 radical (unpaired) electrons. The zero-order valence-electron chi connectivity index (χ0n) is 8.55. The number of benzene rings is 1. The number of rotatable bonds is 3. The molecular formula is C12H13NO2. The predicted octanol–water partition coefficient (Wildman–Crippen LogP) is 2.26. The lowest BCUT2D eigenvalue weighted by Crippen LogP contribution is -2.03. The van der Waals surface area contributed by atoms with Crippen molar-refractivity contribution in [3.63, 3.8) is 0 Å². The molecule has 0 unspecified atom stereocenters. The van der Waals surface area contributed by atoms with E-state index in [1.54, 1.807) is 13.1 Å². The summed E-state index contributed by atoms with van der Waals surface area (Å²) in [6.45, 7) is 1.78. The van der Waals surface area contributed by atoms with Crippen molar-refractivity contribution in [3.05, 3.63) is 42.1 Å². The third-order valence-corrected chi connectivity index (χ3v) is 2.21. The molecule has 0 aliphatic carbocycles. The van der Waals surface area contributed by atoms with Gasteiger partial charge in [0.15, 0.2) is 5.76 Å². The number of hydrogen-bond acceptors (Lipinski definition) is 3. The quantitative estimate of drug-likeness (QED) is 0.832. The summed E-state index contributed by atoms with van der Waals surface area (Å²) in [6.07, 6.45) is 2.00. The van der Waals surface area contributed by atoms with Crippen LogP contribution in [0.5, 0.6) is 0 Å². The second kappa shape index (κ2) is 4.28. The van der Waals surface area contributed by atoms with Crippen molar-refractivity contribution >= 4 is 0 Å². The van der Waals surface area contributed by atoms with Gasteiger partial charge in [0.1, 0.15) is 0 Å². The Morgan fingerprint density at radius 1 is 1.27 bits per heavy atom. The van der Waals surface area contributed by atoms with Gasteiger partial charge in [-0.25, -0.2) is 0 Å². The molecule has 0 amide bonds. The first kappa shape index (κ1) is 9.93. The minimum Gasteiger partial charge on any atom is -0.393 e. The third-order valence-electron chi connectivity index (χ3n) is 2.21. The largest absolute Gasteiger partial charge is 0.393 e. The molecule has 0 aliphatic heterocycles. The van der Waals surface area contributed by atoms with Gasteiger partial charge in [-0.05, 0) is 18.9 Å². The number of aliphatic hydroxyl groups excluding tert-OH is 1. The van der Waals surface area contributed by atoms with Gasteiger partial charge in [-0.2, -0.15) is 0 Å². The highest BCUT2D eigenvalue weighted by Gasteiger charge is 2.02. The van der Waals surface area contributed by atoms with Crippen LogP contribution in [0.4, 0.5) is 0 Å². The number of aliphatic hydroxyl groups is 1. The van der Waals surface area contributed by atoms with Gasteiger partial charge in [-0.1, -0.05) is 29.4 Å². The van der Waals surface area contributed by atoms with Crippen LogP contribution in [0.2, 0.25) is 0 Å². The Hall–Kier alpha value is -1.61. The van der Waals surface area contributed by atoms with E-state index in [1.165, 1.54) is 0 Å². The minimum absolute atomic E-state index is 0.305. The molecule has 15 heavy (non-hydrogen) atoms. The van der Waals surface area contributed by atoms with Gasteiger partial charge in [-0.3, -0.25) is 0 Å². The molecular weight excluding hydrogens is 190 g/mol. The fraction of sp³-hybridized carbons (Fsp3) is 0.250. The first-order valence-corrected chi connectivity index (χ1v) is 4.94. The van der Waals surface area contributed by atoms with Crippen LogP contribution in [0.15, 0.2) is 41.1 Å². The maximum atomic E-state index is 9.23. The zero-order chi connectivity index (χ0) is 10.7. The maximum absolute atomic E-state index is 9.23. The van der Waals surface area contributed by atoms with E-state index >= 15 is 0 Å². The Labute approximate surface area is 88.3 Å². The Morgan fingerprint density at radius 3 is 2.53 bits per heavy atom. The van der Waals surface area contributed by atoms with E-state index in [-0.39, 0.29) is 6.10 Å². The highest BCUT2D eigenvalue weighted by Crippen LogP contribution is 2.19. The fourth-order valence-corrected chi connectivity index (χ4v) is 1.51. The predicted molar refractivity (Wildman–Crippen MR) is 57.3 cm³/mol. The van der Waals surface area contributed by atoms with Crippen LogP contribution < -0.4 is 0 Å². The normalized spacial score (nSPS) is 12.7. The summed E-state index contributed by atoms with van der Waals surface area (Å²) >= 11 is 0. The molecule has 3 heteroatoms. The van der Waals surface area contributed by atoms with Crippen molar-refractivity contribution in [2.45, 2.75) is 19.4 Å². The van der Waals surface area contributed by atoms with Gasteiger partial charge in [-0.15, -0.1) is 0 Å². The fourth-order valence-electron chi connectivity index (χ4n) is 1.51. The Bertz CT molecular complexity index is 404. The minimum atomic E-state index is -0.305. The van der Waals surface area contributed by atoms with E-state index in [2.05, 4.69) is 5.16 Å². The summed E-state index contributed by atoms with van der Waals surface area (Å²) < 4.78 is 5.04. The first-order valence-electron chi connectivity index (χ1n) is 4.94. The molecule has 78 valence electrons. The highest BCUT2D eigenvalue weighted by atomic mass is 16.5. The number of nitrogens with zero attached hydrogens (tertiary/aromatic N) is 1. The van der Waals surface area contributed by atoms with E-state index in [0.29, 0.717) is 6.42 Å². The van der Waals surface area contributed by atoms with Crippen LogP contribution >= 0.6 is 0 Å². The lowest BCUT2D eigenvalue weighted by molar-refractivity contribution is 0.195. The third kappa shape index (κ3) is 2.44. The average molecular weight is 203 g/mol. The van der Waals surface area contributed by atoms with Crippen molar-refractivity contribution < 1.29 is 9.63 Å². The summed E-state index contributed by atoms with van der Waals surface area (Å²) in [7, 11) is 0. The summed E-state index contributed by atoms with van der Waals surface area (Å²) in [5.74, 6) is 0.763. The van der Waals surface area contributed by atoms with Crippen LogP contribution in [0.1, 0.15) is 12.5 Å². The van der Waals surface area contributed by atoms with Gasteiger partial charge >= 0.3 is 0 Å². The molecule has 1 heterocycles. The topological polar surface area (TPSA) is 46.3 Å². The molecule has 1 aromatic heterocycles. The maximum Gasteiger partial charge on any atom is 0.166 e. The summed E-state index contributed by atoms with van der Waals surface area (Å²) in [6, 6.07) is 9.75. The van der Waals surface area contributed by atoms with E-state index in [0.717, 1.165) is 16.9 Å². The van der Waals surface area contributed by atoms with Crippen molar-refractivity contribution in [3.8, 4) is 11.3 Å². The Balaban J connectivity index is 2.17. The van der Waals surface area contributed by atoms with Crippen LogP contribution in [0.25, 0.3) is 11.3 Å². The smallest absolute Gasteiger partial charge is 0.166 e. The van der Waals surface area contributed by atoms with E-state index < -0.39 is 0 Å². The van der Waals surface area contributed by atoms with Gasteiger partial charge in [0.25, 0.3) is 0 Å². The first-order chi connectivity index (χ1) is 7.25. The monoisotopic (exact) mass is 203 g/mol. The number of aromatic nitrogens is 1. The van der Waals surface area contributed by atoms with Crippen molar-refractivity contribution in [1.29, 1.82) is 0 Å².